The number of nitrogens with zero attached hydrogens (tertiary/aromatic N) is 1. The highest BCUT2D eigenvalue weighted by atomic mass is 19.4. The zero-order valence-corrected chi connectivity index (χ0v) is 13.1. The average molecular weight is 427 g/mol. The Kier molecular flexibility index (Phi) is 6.63. The fraction of sp³-hybridized carbons (Fsp3) is 0.917. The van der Waals surface area contributed by atoms with Crippen LogP contribution in [0.3, 0.4) is 0 Å². The van der Waals surface area contributed by atoms with E-state index in [4.69, 9.17) is 4.74 Å². The minimum atomic E-state index is -7.63. The van der Waals surface area contributed by atoms with E-state index in [-0.39, 0.29) is 32.8 Å². The number of ether oxygens (including phenoxy) is 2. The summed E-state index contributed by atoms with van der Waals surface area (Å²) in [5.74, 6) is -32.6. The van der Waals surface area contributed by atoms with Crippen LogP contribution in [0.5, 0.6) is 0 Å². The van der Waals surface area contributed by atoms with Crippen LogP contribution in [0.2, 0.25) is 0 Å². The summed E-state index contributed by atoms with van der Waals surface area (Å²) in [5, 5.41) is 0. The molecule has 0 unspecified atom stereocenters. The van der Waals surface area contributed by atoms with Crippen LogP contribution < -0.4 is 0 Å². The van der Waals surface area contributed by atoms with Crippen molar-refractivity contribution in [3.05, 3.63) is 0 Å². The number of halogens is 11. The van der Waals surface area contributed by atoms with Crippen molar-refractivity contribution < 1.29 is 62.6 Å². The van der Waals surface area contributed by atoms with E-state index in [0.29, 0.717) is 0 Å². The molecule has 4 nitrogen and oxygen atoms in total. The zero-order valence-electron chi connectivity index (χ0n) is 13.1. The molecule has 1 rings (SSSR count). The molecule has 0 aromatic rings. The molecule has 0 amide bonds. The molecule has 1 heterocycles. The van der Waals surface area contributed by atoms with Crippen LogP contribution in [0.1, 0.15) is 0 Å². The summed E-state index contributed by atoms with van der Waals surface area (Å²) >= 11 is 0. The molecule has 0 bridgehead atoms. The van der Waals surface area contributed by atoms with Gasteiger partial charge in [0.25, 0.3) is 0 Å². The lowest BCUT2D eigenvalue weighted by atomic mass is 9.98. The molecule has 1 fully saturated rings. The van der Waals surface area contributed by atoms with Crippen LogP contribution in [-0.4, -0.2) is 80.2 Å². The zero-order chi connectivity index (χ0) is 21.3. The second-order valence-electron chi connectivity index (χ2n) is 5.39. The summed E-state index contributed by atoms with van der Waals surface area (Å²) in [6.07, 6.45) is -7.28. The molecular weight excluding hydrogens is 415 g/mol. The normalized spacial score (nSPS) is 18.5. The van der Waals surface area contributed by atoms with Gasteiger partial charge in [0.2, 0.25) is 0 Å². The molecular formula is C12H12F11NO3. The summed E-state index contributed by atoms with van der Waals surface area (Å²) < 4.78 is 149. The van der Waals surface area contributed by atoms with Gasteiger partial charge in [-0.1, -0.05) is 0 Å². The number of rotatable bonds is 7. The molecule has 0 saturated carbocycles. The van der Waals surface area contributed by atoms with Crippen molar-refractivity contribution in [1.29, 1.82) is 0 Å². The molecule has 0 radical (unpaired) electrons. The van der Waals surface area contributed by atoms with Crippen molar-refractivity contribution in [3.63, 3.8) is 0 Å². The first kappa shape index (κ1) is 23.7. The Balaban J connectivity index is 2.89. The average Bonchev–Trinajstić information content (AvgIpc) is 2.54. The van der Waals surface area contributed by atoms with Crippen molar-refractivity contribution >= 4 is 5.97 Å². The van der Waals surface area contributed by atoms with Gasteiger partial charge in [-0.15, -0.1) is 0 Å². The van der Waals surface area contributed by atoms with Gasteiger partial charge in [-0.05, 0) is 0 Å². The van der Waals surface area contributed by atoms with Crippen LogP contribution in [0, 0.1) is 0 Å². The highest BCUT2D eigenvalue weighted by Gasteiger charge is 2.88. The predicted octanol–water partition coefficient (Wildman–Crippen LogP) is 2.97. The van der Waals surface area contributed by atoms with Crippen molar-refractivity contribution in [2.24, 2.45) is 0 Å². The Morgan fingerprint density at radius 2 is 1.30 bits per heavy atom. The third-order valence-electron chi connectivity index (χ3n) is 3.54. The topological polar surface area (TPSA) is 38.8 Å². The van der Waals surface area contributed by atoms with E-state index < -0.39 is 42.4 Å². The lowest BCUT2D eigenvalue weighted by molar-refractivity contribution is -0.418. The highest BCUT2D eigenvalue weighted by Crippen LogP contribution is 2.57. The summed E-state index contributed by atoms with van der Waals surface area (Å²) in [4.78, 5) is 12.5. The number of esters is 1. The van der Waals surface area contributed by atoms with Crippen LogP contribution in [0.25, 0.3) is 0 Å². The first-order valence-electron chi connectivity index (χ1n) is 7.05. The Bertz CT molecular complexity index is 529. The van der Waals surface area contributed by atoms with Crippen LogP contribution >= 0.6 is 0 Å². The number of alkyl halides is 11. The quantitative estimate of drug-likeness (QED) is 0.463. The van der Waals surface area contributed by atoms with Gasteiger partial charge in [-0.2, -0.15) is 48.3 Å². The molecule has 160 valence electrons. The van der Waals surface area contributed by atoms with E-state index in [1.54, 1.807) is 0 Å². The van der Waals surface area contributed by atoms with Crippen molar-refractivity contribution in [3.8, 4) is 0 Å². The number of carbonyl (C=O) groups is 1. The molecule has 0 aliphatic carbocycles. The summed E-state index contributed by atoms with van der Waals surface area (Å²) in [5.41, 5.74) is 0. The largest absolute Gasteiger partial charge is 0.460 e. The number of morpholine rings is 1. The Morgan fingerprint density at radius 3 is 1.74 bits per heavy atom. The van der Waals surface area contributed by atoms with Gasteiger partial charge in [-0.3, -0.25) is 4.90 Å². The molecule has 15 heteroatoms. The molecule has 1 saturated heterocycles. The number of hydrogen-bond donors (Lipinski definition) is 0. The third kappa shape index (κ3) is 4.22. The highest BCUT2D eigenvalue weighted by molar-refractivity contribution is 5.79. The molecule has 0 atom stereocenters. The van der Waals surface area contributed by atoms with E-state index in [1.807, 2.05) is 0 Å². The van der Waals surface area contributed by atoms with Gasteiger partial charge in [0.15, 0.2) is 0 Å². The summed E-state index contributed by atoms with van der Waals surface area (Å²) in [6, 6.07) is 0. The summed E-state index contributed by atoms with van der Waals surface area (Å²) in [6.45, 7) is -0.445. The van der Waals surface area contributed by atoms with E-state index >= 15 is 0 Å². The lowest BCUT2D eigenvalue weighted by Gasteiger charge is -2.36. The first-order valence-corrected chi connectivity index (χ1v) is 7.05. The van der Waals surface area contributed by atoms with Crippen molar-refractivity contribution in [2.75, 3.05) is 39.5 Å². The monoisotopic (exact) mass is 427 g/mol. The molecule has 27 heavy (non-hydrogen) atoms. The first-order chi connectivity index (χ1) is 12.0. The maximum absolute atomic E-state index is 13.3. The molecule has 1 aliphatic rings. The second-order valence-corrected chi connectivity index (χ2v) is 5.39. The van der Waals surface area contributed by atoms with Gasteiger partial charge in [0.05, 0.1) is 13.2 Å². The van der Waals surface area contributed by atoms with Gasteiger partial charge in [0.1, 0.15) is 6.61 Å². The second kappa shape index (κ2) is 7.56. The minimum Gasteiger partial charge on any atom is -0.460 e. The predicted molar refractivity (Wildman–Crippen MR) is 64.1 cm³/mol. The fourth-order valence-electron chi connectivity index (χ4n) is 1.88. The maximum atomic E-state index is 13.3. The van der Waals surface area contributed by atoms with Crippen LogP contribution in [-0.2, 0) is 14.3 Å². The van der Waals surface area contributed by atoms with Gasteiger partial charge in [-0.25, -0.2) is 4.79 Å². The van der Waals surface area contributed by atoms with E-state index in [1.165, 1.54) is 4.90 Å². The smallest absolute Gasteiger partial charge is 0.460 e. The Morgan fingerprint density at radius 1 is 0.815 bits per heavy atom. The SMILES string of the molecule is O=C(OCCN1CCOCC1)C(F)(F)C(F)(F)C(F)(F)C(F)(F)C(F)(F)F. The third-order valence-corrected chi connectivity index (χ3v) is 3.54. The molecule has 1 aliphatic heterocycles. The van der Waals surface area contributed by atoms with Crippen LogP contribution in [0.4, 0.5) is 48.3 Å². The standard InChI is InChI=1S/C12H12F11NO3/c13-8(14,7(25)27-6-3-24-1-4-26-5-2-24)9(15,16)10(17,18)11(19,20)12(21,22)23/h1-6H2. The maximum Gasteiger partial charge on any atom is 0.460 e. The Hall–Kier alpha value is -1.38. The van der Waals surface area contributed by atoms with Gasteiger partial charge < -0.3 is 9.47 Å². The molecule has 0 spiro atoms. The lowest BCUT2D eigenvalue weighted by Crippen LogP contribution is -2.68. The van der Waals surface area contributed by atoms with Gasteiger partial charge in [0, 0.05) is 19.6 Å². The molecule has 0 aromatic heterocycles. The fourth-order valence-corrected chi connectivity index (χ4v) is 1.88. The van der Waals surface area contributed by atoms with E-state index in [0.717, 1.165) is 0 Å². The van der Waals surface area contributed by atoms with E-state index in [9.17, 15) is 53.1 Å². The number of carbonyl (C=O) groups excluding carboxylic acids is 1. The van der Waals surface area contributed by atoms with Gasteiger partial charge >= 0.3 is 35.8 Å². The van der Waals surface area contributed by atoms with Crippen molar-refractivity contribution in [1.82, 2.24) is 4.90 Å². The summed E-state index contributed by atoms with van der Waals surface area (Å²) in [7, 11) is 0. The Labute approximate surface area is 144 Å². The van der Waals surface area contributed by atoms with Crippen LogP contribution in [0.15, 0.2) is 0 Å². The van der Waals surface area contributed by atoms with E-state index in [2.05, 4.69) is 4.74 Å². The molecule has 0 N–H and O–H groups in total. The number of hydrogen-bond acceptors (Lipinski definition) is 4. The molecule has 0 aromatic carbocycles. The van der Waals surface area contributed by atoms with Crippen molar-refractivity contribution in [2.45, 2.75) is 29.9 Å². The minimum absolute atomic E-state index is 0.209.